The molecule has 1 heterocycles. The number of carbonyl (C=O) groups excluding carboxylic acids is 1. The molecule has 2 aliphatic rings. The monoisotopic (exact) mass is 348 g/mol. The Balaban J connectivity index is 1.66. The van der Waals surface area contributed by atoms with Crippen LogP contribution in [0.25, 0.3) is 0 Å². The van der Waals surface area contributed by atoms with Gasteiger partial charge in [0.15, 0.2) is 0 Å². The molecule has 1 saturated heterocycles. The fraction of sp³-hybridized carbons (Fsp3) is 0.650. The summed E-state index contributed by atoms with van der Waals surface area (Å²) in [5.41, 5.74) is 1.26. The van der Waals surface area contributed by atoms with Crippen molar-refractivity contribution in [2.24, 2.45) is 11.8 Å². The van der Waals surface area contributed by atoms with E-state index in [0.717, 1.165) is 37.4 Å². The zero-order valence-corrected chi connectivity index (χ0v) is 15.2. The van der Waals surface area contributed by atoms with Gasteiger partial charge in [-0.25, -0.2) is 0 Å². The summed E-state index contributed by atoms with van der Waals surface area (Å²) in [7, 11) is 0. The highest BCUT2D eigenvalue weighted by atomic mass is 35.5. The summed E-state index contributed by atoms with van der Waals surface area (Å²) in [6, 6.07) is 8.34. The van der Waals surface area contributed by atoms with Crippen LogP contribution in [-0.4, -0.2) is 25.0 Å². The summed E-state index contributed by atoms with van der Waals surface area (Å²) in [5, 5.41) is 7.53. The Hall–Kier alpha value is -1.06. The van der Waals surface area contributed by atoms with Crippen LogP contribution >= 0.6 is 11.6 Å². The third-order valence-corrected chi connectivity index (χ3v) is 5.88. The molecule has 1 unspecified atom stereocenters. The van der Waals surface area contributed by atoms with Crippen LogP contribution in [0.15, 0.2) is 24.3 Å². The van der Waals surface area contributed by atoms with Gasteiger partial charge in [0.1, 0.15) is 0 Å². The second kappa shape index (κ2) is 8.87. The zero-order valence-electron chi connectivity index (χ0n) is 14.4. The molecule has 1 amide bonds. The first kappa shape index (κ1) is 17.8. The van der Waals surface area contributed by atoms with Crippen molar-refractivity contribution in [1.29, 1.82) is 0 Å². The molecular weight excluding hydrogens is 320 g/mol. The van der Waals surface area contributed by atoms with Gasteiger partial charge in [-0.2, -0.15) is 0 Å². The third-order valence-electron chi connectivity index (χ3n) is 5.63. The van der Waals surface area contributed by atoms with Gasteiger partial charge in [-0.15, -0.1) is 0 Å². The lowest BCUT2D eigenvalue weighted by atomic mass is 9.81. The fourth-order valence-corrected chi connectivity index (χ4v) is 4.26. The zero-order chi connectivity index (χ0) is 16.8. The van der Waals surface area contributed by atoms with Crippen LogP contribution in [0.3, 0.4) is 0 Å². The lowest BCUT2D eigenvalue weighted by molar-refractivity contribution is -0.127. The number of nitrogens with one attached hydrogen (secondary N) is 2. The van der Waals surface area contributed by atoms with Crippen molar-refractivity contribution in [2.75, 3.05) is 13.1 Å². The highest BCUT2D eigenvalue weighted by Crippen LogP contribution is 2.29. The molecule has 2 fully saturated rings. The summed E-state index contributed by atoms with van der Waals surface area (Å²) < 4.78 is 0. The molecule has 1 aromatic rings. The van der Waals surface area contributed by atoms with E-state index in [4.69, 9.17) is 11.6 Å². The lowest BCUT2D eigenvalue weighted by Crippen LogP contribution is -2.47. The molecule has 0 radical (unpaired) electrons. The van der Waals surface area contributed by atoms with Crippen molar-refractivity contribution >= 4 is 17.5 Å². The SMILES string of the molecule is O=C(NC(Cc1ccc(Cl)cc1)C1CCCCC1)C1CCNCC1. The van der Waals surface area contributed by atoms with Crippen LogP contribution in [0, 0.1) is 11.8 Å². The lowest BCUT2D eigenvalue weighted by Gasteiger charge is -2.33. The smallest absolute Gasteiger partial charge is 0.223 e. The predicted octanol–water partition coefficient (Wildman–Crippen LogP) is 3.95. The highest BCUT2D eigenvalue weighted by Gasteiger charge is 2.28. The van der Waals surface area contributed by atoms with E-state index in [1.807, 2.05) is 12.1 Å². The van der Waals surface area contributed by atoms with Crippen molar-refractivity contribution in [2.45, 2.75) is 57.4 Å². The minimum Gasteiger partial charge on any atom is -0.353 e. The van der Waals surface area contributed by atoms with Gasteiger partial charge in [0.25, 0.3) is 0 Å². The number of benzene rings is 1. The summed E-state index contributed by atoms with van der Waals surface area (Å²) in [6.07, 6.45) is 9.25. The van der Waals surface area contributed by atoms with Crippen LogP contribution < -0.4 is 10.6 Å². The maximum Gasteiger partial charge on any atom is 0.223 e. The Labute approximate surface area is 150 Å². The minimum absolute atomic E-state index is 0.183. The first-order valence-electron chi connectivity index (χ1n) is 9.48. The first-order valence-corrected chi connectivity index (χ1v) is 9.86. The third kappa shape index (κ3) is 4.97. The standard InChI is InChI=1S/C20H29ClN2O/c21-18-8-6-15(7-9-18)14-19(16-4-2-1-3-5-16)23-20(24)17-10-12-22-13-11-17/h6-9,16-17,19,22H,1-5,10-14H2,(H,23,24). The molecular formula is C20H29ClN2O. The van der Waals surface area contributed by atoms with Gasteiger partial charge in [-0.05, 0) is 68.8 Å². The second-order valence-corrected chi connectivity index (χ2v) is 7.80. The number of halogens is 1. The number of piperidine rings is 1. The van der Waals surface area contributed by atoms with Crippen LogP contribution in [-0.2, 0) is 11.2 Å². The van der Waals surface area contributed by atoms with E-state index in [9.17, 15) is 4.79 Å². The van der Waals surface area contributed by atoms with Crippen molar-refractivity contribution in [1.82, 2.24) is 10.6 Å². The number of hydrogen-bond donors (Lipinski definition) is 2. The normalized spacial score (nSPS) is 21.4. The molecule has 24 heavy (non-hydrogen) atoms. The molecule has 1 aliphatic heterocycles. The number of carbonyl (C=O) groups is 1. The summed E-state index contributed by atoms with van der Waals surface area (Å²) in [5.74, 6) is 1.06. The molecule has 3 rings (SSSR count). The second-order valence-electron chi connectivity index (χ2n) is 7.37. The van der Waals surface area contributed by atoms with E-state index in [-0.39, 0.29) is 17.9 Å². The quantitative estimate of drug-likeness (QED) is 0.846. The van der Waals surface area contributed by atoms with Crippen molar-refractivity contribution < 1.29 is 4.79 Å². The molecule has 0 aromatic heterocycles. The first-order chi connectivity index (χ1) is 11.7. The maximum absolute atomic E-state index is 12.7. The summed E-state index contributed by atoms with van der Waals surface area (Å²) in [6.45, 7) is 1.92. The van der Waals surface area contributed by atoms with Gasteiger partial charge >= 0.3 is 0 Å². The molecule has 1 saturated carbocycles. The van der Waals surface area contributed by atoms with Gasteiger partial charge < -0.3 is 10.6 Å². The Bertz CT molecular complexity index is 519. The molecule has 2 N–H and O–H groups in total. The van der Waals surface area contributed by atoms with E-state index in [1.54, 1.807) is 0 Å². The Morgan fingerprint density at radius 2 is 1.75 bits per heavy atom. The van der Waals surface area contributed by atoms with Crippen molar-refractivity contribution in [3.63, 3.8) is 0 Å². The molecule has 132 valence electrons. The van der Waals surface area contributed by atoms with Gasteiger partial charge in [-0.1, -0.05) is 43.0 Å². The van der Waals surface area contributed by atoms with E-state index >= 15 is 0 Å². The average molecular weight is 349 g/mol. The van der Waals surface area contributed by atoms with Gasteiger partial charge in [0.05, 0.1) is 0 Å². The summed E-state index contributed by atoms with van der Waals surface area (Å²) in [4.78, 5) is 12.7. The van der Waals surface area contributed by atoms with Gasteiger partial charge in [0.2, 0.25) is 5.91 Å². The molecule has 4 heteroatoms. The Morgan fingerprint density at radius 1 is 1.08 bits per heavy atom. The fourth-order valence-electron chi connectivity index (χ4n) is 4.13. The Morgan fingerprint density at radius 3 is 2.42 bits per heavy atom. The largest absolute Gasteiger partial charge is 0.353 e. The average Bonchev–Trinajstić information content (AvgIpc) is 2.64. The molecule has 1 aromatic carbocycles. The number of hydrogen-bond acceptors (Lipinski definition) is 2. The number of rotatable bonds is 5. The molecule has 0 spiro atoms. The van der Waals surface area contributed by atoms with E-state index in [1.165, 1.54) is 37.7 Å². The van der Waals surface area contributed by atoms with E-state index < -0.39 is 0 Å². The van der Waals surface area contributed by atoms with Crippen LogP contribution in [0.2, 0.25) is 5.02 Å². The maximum atomic E-state index is 12.7. The minimum atomic E-state index is 0.183. The number of amides is 1. The molecule has 1 atom stereocenters. The van der Waals surface area contributed by atoms with E-state index in [0.29, 0.717) is 5.92 Å². The highest BCUT2D eigenvalue weighted by molar-refractivity contribution is 6.30. The summed E-state index contributed by atoms with van der Waals surface area (Å²) >= 11 is 6.01. The van der Waals surface area contributed by atoms with Crippen molar-refractivity contribution in [3.05, 3.63) is 34.9 Å². The van der Waals surface area contributed by atoms with Gasteiger partial charge in [-0.3, -0.25) is 4.79 Å². The molecule has 3 nitrogen and oxygen atoms in total. The van der Waals surface area contributed by atoms with Gasteiger partial charge in [0, 0.05) is 17.0 Å². The van der Waals surface area contributed by atoms with Crippen molar-refractivity contribution in [3.8, 4) is 0 Å². The molecule has 1 aliphatic carbocycles. The topological polar surface area (TPSA) is 41.1 Å². The Kier molecular flexibility index (Phi) is 6.56. The van der Waals surface area contributed by atoms with Crippen LogP contribution in [0.4, 0.5) is 0 Å². The van der Waals surface area contributed by atoms with Crippen LogP contribution in [0.1, 0.15) is 50.5 Å². The molecule has 0 bridgehead atoms. The van der Waals surface area contributed by atoms with E-state index in [2.05, 4.69) is 22.8 Å². The van der Waals surface area contributed by atoms with Crippen LogP contribution in [0.5, 0.6) is 0 Å². The predicted molar refractivity (Wildman–Crippen MR) is 99.3 cm³/mol.